The van der Waals surface area contributed by atoms with Crippen LogP contribution >= 0.6 is 0 Å². The van der Waals surface area contributed by atoms with E-state index in [0.717, 1.165) is 0 Å². The van der Waals surface area contributed by atoms with Crippen molar-refractivity contribution in [3.63, 3.8) is 0 Å². The summed E-state index contributed by atoms with van der Waals surface area (Å²) in [6.07, 6.45) is -25.6. The fourth-order valence-corrected chi connectivity index (χ4v) is 2.68. The van der Waals surface area contributed by atoms with E-state index in [1.807, 2.05) is 0 Å². The topological polar surface area (TPSA) is 486 Å². The van der Waals surface area contributed by atoms with Gasteiger partial charge in [0, 0.05) is 151 Å². The summed E-state index contributed by atoms with van der Waals surface area (Å²) in [5.41, 5.74) is 0. The largest absolute Gasteiger partial charge is 0.394 e. The minimum Gasteiger partial charge on any atom is -0.394 e. The van der Waals surface area contributed by atoms with Gasteiger partial charge in [0.25, 0.3) is 0 Å². The van der Waals surface area contributed by atoms with Crippen LogP contribution in [0.2, 0.25) is 0 Å². The Balaban J connectivity index is -0.0000000807. The zero-order valence-electron chi connectivity index (χ0n) is 27.0. The first-order chi connectivity index (χ1) is 22.2. The van der Waals surface area contributed by atoms with Crippen LogP contribution < -0.4 is 0 Å². The molecule has 24 N–H and O–H groups in total. The molecule has 0 radical (unpaired) electrons. The average Bonchev–Trinajstić information content (AvgIpc) is 3.12. The predicted octanol–water partition coefficient (Wildman–Crippen LogP) is -14.3. The summed E-state index contributed by atoms with van der Waals surface area (Å²) in [5.74, 6) is 0. The molecule has 0 unspecified atom stereocenters. The van der Waals surface area contributed by atoms with Crippen molar-refractivity contribution in [3.8, 4) is 0 Å². The van der Waals surface area contributed by atoms with Crippen molar-refractivity contribution in [1.29, 1.82) is 0 Å². The van der Waals surface area contributed by atoms with Crippen molar-refractivity contribution in [2.24, 2.45) is 0 Å². The molecule has 0 heterocycles. The zero-order chi connectivity index (χ0) is 38.9. The second-order valence-electron chi connectivity index (χ2n) is 9.92. The van der Waals surface area contributed by atoms with Crippen LogP contribution in [0.15, 0.2) is 0 Å². The molecule has 0 fully saturated rings. The Kier molecular flexibility index (Phi) is 63.2. The molecule has 24 nitrogen and oxygen atoms in total. The van der Waals surface area contributed by atoms with E-state index in [1.54, 1.807) is 0 Å². The summed E-state index contributed by atoms with van der Waals surface area (Å²) in [6, 6.07) is 0. The Hall–Kier alpha value is 4.08. The molecule has 0 saturated carbocycles. The SMILES string of the molecule is OC[C@@H](O)[C@@H](O)[C@H](O)[C@H](O)CO.OC[C@@H](O)[C@@H](O)[C@H](O)[C@H](O)CO.OC[C@@H](O)[C@@H](O)[C@H](O)[C@H](O)CO.OC[C@@H](O)[C@@H](O)[C@H](O)[C@H](O)CO.[Ar].[Ar].[Ar].[Ar]. The molecule has 328 valence electrons. The van der Waals surface area contributed by atoms with E-state index in [0.29, 0.717) is 0 Å². The van der Waals surface area contributed by atoms with Gasteiger partial charge in [-0.3, -0.25) is 0 Å². The molecule has 0 rings (SSSR count). The minimum absolute atomic E-state index is 0. The van der Waals surface area contributed by atoms with Gasteiger partial charge in [-0.05, 0) is 0 Å². The molecule has 0 amide bonds. The van der Waals surface area contributed by atoms with Crippen LogP contribution in [0.1, 0.15) is 0 Å². The van der Waals surface area contributed by atoms with Crippen molar-refractivity contribution >= 4 is 0 Å². The van der Waals surface area contributed by atoms with E-state index in [2.05, 4.69) is 0 Å². The molecule has 0 bridgehead atoms. The number of hydrogen-bond donors (Lipinski definition) is 24. The maximum atomic E-state index is 8.96. The van der Waals surface area contributed by atoms with Gasteiger partial charge in [-0.1, -0.05) is 0 Å². The molecule has 16 atom stereocenters. The molecular weight excluding hydrogens is 832 g/mol. The van der Waals surface area contributed by atoms with Crippen molar-refractivity contribution in [2.45, 2.75) is 97.7 Å². The summed E-state index contributed by atoms with van der Waals surface area (Å²) in [6.45, 7) is -5.81. The monoisotopic (exact) mass is 888 g/mol. The Morgan fingerprint density at radius 1 is 0.173 bits per heavy atom. The smallest absolute Gasteiger partial charge is 0.111 e. The van der Waals surface area contributed by atoms with Crippen LogP contribution in [0, 0.1) is 151 Å². The number of aliphatic hydroxyl groups excluding tert-OH is 24. The molecule has 0 saturated heterocycles. The molecular formula is C24H56Ar4O24. The molecule has 0 aromatic carbocycles. The van der Waals surface area contributed by atoms with Crippen molar-refractivity contribution in [2.75, 3.05) is 52.9 Å². The Bertz CT molecular complexity index is 551. The zero-order valence-corrected chi connectivity index (χ0v) is 29.9. The van der Waals surface area contributed by atoms with Crippen LogP contribution in [0.5, 0.6) is 0 Å². The fourth-order valence-electron chi connectivity index (χ4n) is 2.68. The minimum atomic E-state index is -1.67. The third-order valence-corrected chi connectivity index (χ3v) is 6.05. The molecule has 0 aliphatic carbocycles. The second kappa shape index (κ2) is 44.6. The first kappa shape index (κ1) is 73.6. The number of rotatable bonds is 20. The summed E-state index contributed by atoms with van der Waals surface area (Å²) >= 11 is 0. The van der Waals surface area contributed by atoms with Gasteiger partial charge in [0.15, 0.2) is 0 Å². The molecule has 0 aromatic rings. The van der Waals surface area contributed by atoms with Crippen molar-refractivity contribution in [1.82, 2.24) is 0 Å². The van der Waals surface area contributed by atoms with E-state index < -0.39 is 151 Å². The van der Waals surface area contributed by atoms with Gasteiger partial charge in [0.2, 0.25) is 0 Å². The molecule has 28 heteroatoms. The van der Waals surface area contributed by atoms with E-state index in [4.69, 9.17) is 123 Å². The van der Waals surface area contributed by atoms with Crippen molar-refractivity contribution < 1.29 is 274 Å². The summed E-state index contributed by atoms with van der Waals surface area (Å²) in [7, 11) is 0. The van der Waals surface area contributed by atoms with Gasteiger partial charge >= 0.3 is 0 Å². The molecule has 0 aliphatic rings. The quantitative estimate of drug-likeness (QED) is 0.0540. The summed E-state index contributed by atoms with van der Waals surface area (Å²) < 4.78 is 0. The van der Waals surface area contributed by atoms with Crippen LogP contribution in [0.4, 0.5) is 0 Å². The predicted molar refractivity (Wildman–Crippen MR) is 153 cm³/mol. The van der Waals surface area contributed by atoms with Gasteiger partial charge in [0.1, 0.15) is 97.7 Å². The second-order valence-corrected chi connectivity index (χ2v) is 9.92. The standard InChI is InChI=1S/4C6H14O6.4Ar/c4*7-1-3(9)5(11)6(12)4(10)2-8;;;;/h4*3-12H,1-2H2;;;;/t4*3-,4-,5-,6-;;;;/m1111..../s1. The molecule has 0 aliphatic heterocycles. The maximum Gasteiger partial charge on any atom is 0.111 e. The van der Waals surface area contributed by atoms with Gasteiger partial charge in [-0.15, -0.1) is 0 Å². The molecule has 0 aromatic heterocycles. The van der Waals surface area contributed by atoms with Crippen LogP contribution in [-0.4, -0.2) is 273 Å². The van der Waals surface area contributed by atoms with Gasteiger partial charge in [0.05, 0.1) is 52.9 Å². The van der Waals surface area contributed by atoms with Gasteiger partial charge in [-0.2, -0.15) is 0 Å². The van der Waals surface area contributed by atoms with Crippen LogP contribution in [0.3, 0.4) is 0 Å². The normalized spacial score (nSPS) is 19.8. The summed E-state index contributed by atoms with van der Waals surface area (Å²) in [4.78, 5) is 0. The Morgan fingerprint density at radius 2 is 0.231 bits per heavy atom. The third kappa shape index (κ3) is 32.9. The maximum absolute atomic E-state index is 8.96. The van der Waals surface area contributed by atoms with Crippen LogP contribution in [-0.2, 0) is 0 Å². The first-order valence-corrected chi connectivity index (χ1v) is 13.9. The third-order valence-electron chi connectivity index (χ3n) is 6.05. The Morgan fingerprint density at radius 3 is 0.269 bits per heavy atom. The molecule has 0 spiro atoms. The van der Waals surface area contributed by atoms with E-state index >= 15 is 0 Å². The molecule has 52 heavy (non-hydrogen) atoms. The van der Waals surface area contributed by atoms with E-state index in [1.165, 1.54) is 0 Å². The number of aliphatic hydroxyl groups is 24. The van der Waals surface area contributed by atoms with Crippen molar-refractivity contribution in [3.05, 3.63) is 0 Å². The number of hydrogen-bond acceptors (Lipinski definition) is 24. The van der Waals surface area contributed by atoms with Crippen LogP contribution in [0.25, 0.3) is 0 Å². The van der Waals surface area contributed by atoms with E-state index in [-0.39, 0.29) is 151 Å². The van der Waals surface area contributed by atoms with Gasteiger partial charge in [-0.25, -0.2) is 0 Å². The Labute approximate surface area is 418 Å². The first-order valence-electron chi connectivity index (χ1n) is 13.9. The van der Waals surface area contributed by atoms with Gasteiger partial charge < -0.3 is 123 Å². The average molecular weight is 888 g/mol. The van der Waals surface area contributed by atoms with E-state index in [9.17, 15) is 0 Å². The fraction of sp³-hybridized carbons (Fsp3) is 1.00. The summed E-state index contributed by atoms with van der Waals surface area (Å²) in [5, 5.41) is 209.